The number of aromatic nitrogens is 2. The lowest BCUT2D eigenvalue weighted by molar-refractivity contribution is -0.122. The molecule has 2 aliphatic carbocycles. The summed E-state index contributed by atoms with van der Waals surface area (Å²) in [5, 5.41) is 14.2. The van der Waals surface area contributed by atoms with E-state index in [0.717, 1.165) is 55.0 Å². The first-order valence-electron chi connectivity index (χ1n) is 10.4. The average molecular weight is 393 g/mol. The molecular weight excluding hydrogens is 360 g/mol. The van der Waals surface area contributed by atoms with E-state index in [1.54, 1.807) is 18.3 Å². The first-order chi connectivity index (χ1) is 13.0. The minimum absolute atomic E-state index is 0.0516. The molecule has 4 rings (SSSR count). The van der Waals surface area contributed by atoms with Gasteiger partial charge in [0.05, 0.1) is 12.1 Å². The van der Waals surface area contributed by atoms with Crippen molar-refractivity contribution in [1.29, 1.82) is 0 Å². The van der Waals surface area contributed by atoms with E-state index < -0.39 is 0 Å². The molecule has 6 nitrogen and oxygen atoms in total. The monoisotopic (exact) mass is 392 g/mol. The fraction of sp³-hybridized carbons (Fsp3) is 0.850. The van der Waals surface area contributed by atoms with Crippen LogP contribution in [0.5, 0.6) is 0 Å². The van der Waals surface area contributed by atoms with Crippen LogP contribution >= 0.6 is 11.3 Å². The number of carbonyl (C=O) groups excluding carboxylic acids is 1. The summed E-state index contributed by atoms with van der Waals surface area (Å²) < 4.78 is 6.26. The quantitative estimate of drug-likeness (QED) is 0.773. The van der Waals surface area contributed by atoms with E-state index in [2.05, 4.69) is 34.3 Å². The highest BCUT2D eigenvalue weighted by Gasteiger charge is 2.44. The summed E-state index contributed by atoms with van der Waals surface area (Å²) in [5.41, 5.74) is 0. The Balaban J connectivity index is 1.40. The number of nitrogens with one attached hydrogen (secondary N) is 1. The summed E-state index contributed by atoms with van der Waals surface area (Å²) in [6, 6.07) is 0.147. The Bertz CT molecular complexity index is 660. The zero-order valence-electron chi connectivity index (χ0n) is 16.7. The first kappa shape index (κ1) is 19.1. The van der Waals surface area contributed by atoms with Gasteiger partial charge in [-0.2, -0.15) is 0 Å². The molecule has 0 bridgehead atoms. The minimum atomic E-state index is 0.0516. The van der Waals surface area contributed by atoms with E-state index in [0.29, 0.717) is 17.8 Å². The second kappa shape index (κ2) is 8.03. The minimum Gasteiger partial charge on any atom is -0.376 e. The fourth-order valence-electron chi connectivity index (χ4n) is 4.52. The van der Waals surface area contributed by atoms with Crippen LogP contribution in [0.1, 0.15) is 51.5 Å². The van der Waals surface area contributed by atoms with Gasteiger partial charge in [0.15, 0.2) is 0 Å². The highest BCUT2D eigenvalue weighted by molar-refractivity contribution is 7.15. The number of carbonyl (C=O) groups is 1. The summed E-state index contributed by atoms with van der Waals surface area (Å²) in [7, 11) is 0. The number of anilines is 1. The molecule has 0 radical (unpaired) electrons. The van der Waals surface area contributed by atoms with Gasteiger partial charge >= 0.3 is 0 Å². The predicted molar refractivity (Wildman–Crippen MR) is 107 cm³/mol. The molecule has 3 fully saturated rings. The van der Waals surface area contributed by atoms with Gasteiger partial charge in [-0.05, 0) is 49.4 Å². The van der Waals surface area contributed by atoms with Crippen LogP contribution < -0.4 is 10.2 Å². The van der Waals surface area contributed by atoms with Gasteiger partial charge in [0.1, 0.15) is 5.01 Å². The highest BCUT2D eigenvalue weighted by atomic mass is 32.1. The van der Waals surface area contributed by atoms with Crippen LogP contribution in [0.4, 0.5) is 5.13 Å². The third kappa shape index (κ3) is 4.80. The molecular formula is C20H32N4O2S. The second-order valence-electron chi connectivity index (χ2n) is 9.10. The van der Waals surface area contributed by atoms with Crippen molar-refractivity contribution in [3.05, 3.63) is 5.01 Å². The lowest BCUT2D eigenvalue weighted by Gasteiger charge is -2.38. The van der Waals surface area contributed by atoms with Crippen LogP contribution in [0.2, 0.25) is 0 Å². The van der Waals surface area contributed by atoms with Crippen molar-refractivity contribution in [1.82, 2.24) is 15.5 Å². The topological polar surface area (TPSA) is 67.4 Å². The highest BCUT2D eigenvalue weighted by Crippen LogP contribution is 2.41. The molecule has 1 aromatic heterocycles. The molecule has 3 aliphatic rings. The molecule has 150 valence electrons. The molecule has 27 heavy (non-hydrogen) atoms. The third-order valence-electron chi connectivity index (χ3n) is 6.06. The molecule has 0 spiro atoms. The van der Waals surface area contributed by atoms with Crippen molar-refractivity contribution in [2.75, 3.05) is 24.6 Å². The van der Waals surface area contributed by atoms with Gasteiger partial charge in [-0.3, -0.25) is 4.79 Å². The van der Waals surface area contributed by atoms with Gasteiger partial charge in [-0.15, -0.1) is 10.2 Å². The van der Waals surface area contributed by atoms with Gasteiger partial charge in [-0.1, -0.05) is 25.2 Å². The van der Waals surface area contributed by atoms with E-state index >= 15 is 0 Å². The summed E-state index contributed by atoms with van der Waals surface area (Å²) >= 11 is 1.74. The van der Waals surface area contributed by atoms with Crippen LogP contribution in [0.15, 0.2) is 0 Å². The number of fused-ring (bicyclic) bond motifs is 1. The number of amides is 1. The fourth-order valence-corrected chi connectivity index (χ4v) is 5.58. The maximum absolute atomic E-state index is 11.7. The Morgan fingerprint density at radius 1 is 1.26 bits per heavy atom. The van der Waals surface area contributed by atoms with Crippen molar-refractivity contribution < 1.29 is 9.53 Å². The lowest BCUT2D eigenvalue weighted by atomic mass is 9.77. The van der Waals surface area contributed by atoms with Gasteiger partial charge in [0.2, 0.25) is 11.0 Å². The first-order valence-corrected chi connectivity index (χ1v) is 11.3. The number of nitrogens with zero attached hydrogens (tertiary/aromatic N) is 3. The Kier molecular flexibility index (Phi) is 5.69. The van der Waals surface area contributed by atoms with Crippen molar-refractivity contribution in [3.8, 4) is 0 Å². The molecule has 4 atom stereocenters. The van der Waals surface area contributed by atoms with E-state index in [1.807, 2.05) is 0 Å². The normalized spacial score (nSPS) is 30.6. The molecule has 0 aromatic carbocycles. The molecule has 2 saturated carbocycles. The van der Waals surface area contributed by atoms with Gasteiger partial charge in [-0.25, -0.2) is 0 Å². The summed E-state index contributed by atoms with van der Waals surface area (Å²) in [6.45, 7) is 8.97. The number of rotatable bonds is 7. The smallest absolute Gasteiger partial charge is 0.217 e. The van der Waals surface area contributed by atoms with E-state index in [4.69, 9.17) is 4.74 Å². The zero-order chi connectivity index (χ0) is 19.0. The third-order valence-corrected chi connectivity index (χ3v) is 7.06. The molecule has 1 saturated heterocycles. The van der Waals surface area contributed by atoms with Crippen LogP contribution in [0.3, 0.4) is 0 Å². The molecule has 1 amide bonds. The van der Waals surface area contributed by atoms with Gasteiger partial charge in [0, 0.05) is 33.0 Å². The van der Waals surface area contributed by atoms with Crippen LogP contribution in [-0.2, 0) is 16.0 Å². The van der Waals surface area contributed by atoms with Crippen molar-refractivity contribution >= 4 is 22.4 Å². The molecule has 7 heteroatoms. The van der Waals surface area contributed by atoms with E-state index in [-0.39, 0.29) is 18.1 Å². The van der Waals surface area contributed by atoms with Gasteiger partial charge in [0.25, 0.3) is 0 Å². The van der Waals surface area contributed by atoms with E-state index in [1.165, 1.54) is 12.8 Å². The van der Waals surface area contributed by atoms with Crippen LogP contribution in [0.25, 0.3) is 0 Å². The number of hydrogen-bond acceptors (Lipinski definition) is 6. The SMILES string of the molecule is CC(=O)N[C@@H]1C[C@@H]2CN(c3nnc(CC(C)C)s3)C[C@@H]2C[C@H]1OCC1CC1. The molecule has 0 unspecified atom stereocenters. The van der Waals surface area contributed by atoms with Crippen LogP contribution in [-0.4, -0.2) is 47.9 Å². The summed E-state index contributed by atoms with van der Waals surface area (Å²) in [6.07, 6.45) is 5.80. The zero-order valence-corrected chi connectivity index (χ0v) is 17.5. The summed E-state index contributed by atoms with van der Waals surface area (Å²) in [4.78, 5) is 14.1. The Morgan fingerprint density at radius 2 is 2.00 bits per heavy atom. The van der Waals surface area contributed by atoms with Crippen molar-refractivity contribution in [2.45, 2.75) is 65.0 Å². The maximum atomic E-state index is 11.7. The van der Waals surface area contributed by atoms with E-state index in [9.17, 15) is 4.79 Å². The molecule has 1 N–H and O–H groups in total. The largest absolute Gasteiger partial charge is 0.376 e. The number of hydrogen-bond donors (Lipinski definition) is 1. The second-order valence-corrected chi connectivity index (χ2v) is 10.1. The standard InChI is InChI=1S/C20H32N4O2S/c1-12(2)6-19-22-23-20(27-19)24-9-15-7-17(21-13(3)25)18(8-16(15)10-24)26-11-14-4-5-14/h12,14-18H,4-11H2,1-3H3,(H,21,25)/t15-,16+,17-,18-/m1/s1. The number of ether oxygens (including phenoxy) is 1. The summed E-state index contributed by atoms with van der Waals surface area (Å²) in [5.74, 6) is 2.63. The van der Waals surface area contributed by atoms with Crippen LogP contribution in [0, 0.1) is 23.7 Å². The Hall–Kier alpha value is -1.21. The molecule has 2 heterocycles. The molecule has 1 aromatic rings. The maximum Gasteiger partial charge on any atom is 0.217 e. The molecule has 1 aliphatic heterocycles. The van der Waals surface area contributed by atoms with Gasteiger partial charge < -0.3 is 15.0 Å². The van der Waals surface area contributed by atoms with Crippen molar-refractivity contribution in [3.63, 3.8) is 0 Å². The lowest BCUT2D eigenvalue weighted by Crippen LogP contribution is -2.50. The predicted octanol–water partition coefficient (Wildman–Crippen LogP) is 2.88. The Morgan fingerprint density at radius 3 is 2.67 bits per heavy atom. The van der Waals surface area contributed by atoms with Crippen molar-refractivity contribution in [2.24, 2.45) is 23.7 Å². The Labute approximate surface area is 166 Å². The average Bonchev–Trinajstić information content (AvgIpc) is 3.15.